The minimum atomic E-state index is 0.167. The number of halogens is 1. The Morgan fingerprint density at radius 3 is 2.79 bits per heavy atom. The van der Waals surface area contributed by atoms with E-state index in [2.05, 4.69) is 5.32 Å². The van der Waals surface area contributed by atoms with Gasteiger partial charge in [-0.1, -0.05) is 29.8 Å². The van der Waals surface area contributed by atoms with Crippen molar-refractivity contribution in [2.45, 2.75) is 13.0 Å². The van der Waals surface area contributed by atoms with Crippen LogP contribution >= 0.6 is 11.6 Å². The van der Waals surface area contributed by atoms with E-state index in [0.29, 0.717) is 24.7 Å². The van der Waals surface area contributed by atoms with Crippen molar-refractivity contribution in [3.63, 3.8) is 0 Å². The smallest absolute Gasteiger partial charge is 0.224 e. The summed E-state index contributed by atoms with van der Waals surface area (Å²) in [5, 5.41) is 3.93. The molecule has 1 amide bonds. The third kappa shape index (κ3) is 4.49. The Labute approximate surface area is 118 Å². The van der Waals surface area contributed by atoms with Crippen LogP contribution in [0.3, 0.4) is 0 Å². The highest BCUT2D eigenvalue weighted by atomic mass is 35.5. The fraction of sp³-hybridized carbons (Fsp3) is 0.500. The number of ether oxygens (including phenoxy) is 1. The van der Waals surface area contributed by atoms with Gasteiger partial charge < -0.3 is 15.0 Å². The number of hydrogen-bond donors (Lipinski definition) is 1. The molecule has 5 heteroatoms. The lowest BCUT2D eigenvalue weighted by molar-refractivity contribution is -0.133. The molecule has 0 atom stereocenters. The van der Waals surface area contributed by atoms with Gasteiger partial charge >= 0.3 is 0 Å². The maximum atomic E-state index is 11.9. The Hall–Kier alpha value is -1.10. The molecule has 1 fully saturated rings. The second-order valence-corrected chi connectivity index (χ2v) is 4.93. The van der Waals surface area contributed by atoms with Crippen LogP contribution in [0.15, 0.2) is 24.3 Å². The Bertz CT molecular complexity index is 420. The predicted molar refractivity (Wildman–Crippen MR) is 75.2 cm³/mol. The number of piperazine rings is 1. The van der Waals surface area contributed by atoms with Crippen molar-refractivity contribution in [1.82, 2.24) is 10.2 Å². The molecule has 0 radical (unpaired) electrons. The predicted octanol–water partition coefficient (Wildman–Crippen LogP) is 1.68. The second kappa shape index (κ2) is 7.48. The van der Waals surface area contributed by atoms with Crippen molar-refractivity contribution < 1.29 is 9.53 Å². The lowest BCUT2D eigenvalue weighted by atomic mass is 10.2. The number of carbonyl (C=O) groups excluding carboxylic acids is 1. The summed E-state index contributed by atoms with van der Waals surface area (Å²) in [6.07, 6.45) is 0.435. The minimum Gasteiger partial charge on any atom is -0.376 e. The summed E-state index contributed by atoms with van der Waals surface area (Å²) in [5.41, 5.74) is 0.957. The van der Waals surface area contributed by atoms with Gasteiger partial charge in [0.25, 0.3) is 0 Å². The van der Waals surface area contributed by atoms with Gasteiger partial charge in [0.05, 0.1) is 19.6 Å². The molecule has 19 heavy (non-hydrogen) atoms. The standard InChI is InChI=1S/C14H19ClN2O2/c15-13-4-2-1-3-12(13)11-19-10-5-14(18)17-8-6-16-7-9-17/h1-4,16H,5-11H2. The van der Waals surface area contributed by atoms with Crippen molar-refractivity contribution in [1.29, 1.82) is 0 Å². The molecular formula is C14H19ClN2O2. The minimum absolute atomic E-state index is 0.167. The van der Waals surface area contributed by atoms with Crippen molar-refractivity contribution in [3.05, 3.63) is 34.9 Å². The summed E-state index contributed by atoms with van der Waals surface area (Å²) in [4.78, 5) is 13.8. The van der Waals surface area contributed by atoms with E-state index in [1.807, 2.05) is 29.2 Å². The van der Waals surface area contributed by atoms with Crippen molar-refractivity contribution in [2.24, 2.45) is 0 Å². The zero-order valence-electron chi connectivity index (χ0n) is 10.9. The fourth-order valence-electron chi connectivity index (χ4n) is 2.03. The van der Waals surface area contributed by atoms with Gasteiger partial charge in [-0.3, -0.25) is 4.79 Å². The van der Waals surface area contributed by atoms with E-state index in [9.17, 15) is 4.79 Å². The van der Waals surface area contributed by atoms with Crippen molar-refractivity contribution in [3.8, 4) is 0 Å². The SMILES string of the molecule is O=C(CCOCc1ccccc1Cl)N1CCNCC1. The molecule has 1 heterocycles. The number of nitrogens with one attached hydrogen (secondary N) is 1. The van der Waals surface area contributed by atoms with Crippen LogP contribution in [0.25, 0.3) is 0 Å². The normalized spacial score (nSPS) is 15.5. The third-order valence-corrected chi connectivity index (χ3v) is 3.51. The average Bonchev–Trinajstić information content (AvgIpc) is 2.46. The van der Waals surface area contributed by atoms with E-state index in [4.69, 9.17) is 16.3 Å². The second-order valence-electron chi connectivity index (χ2n) is 4.52. The first-order valence-electron chi connectivity index (χ1n) is 6.57. The number of nitrogens with zero attached hydrogens (tertiary/aromatic N) is 1. The van der Waals surface area contributed by atoms with Gasteiger partial charge in [-0.05, 0) is 11.6 Å². The largest absolute Gasteiger partial charge is 0.376 e. The van der Waals surface area contributed by atoms with Gasteiger partial charge in [0.15, 0.2) is 0 Å². The van der Waals surface area contributed by atoms with Gasteiger partial charge in [-0.15, -0.1) is 0 Å². The highest BCUT2D eigenvalue weighted by Crippen LogP contribution is 2.15. The number of benzene rings is 1. The molecule has 1 aromatic rings. The Morgan fingerprint density at radius 1 is 1.32 bits per heavy atom. The summed E-state index contributed by atoms with van der Waals surface area (Å²) in [6.45, 7) is 4.24. The van der Waals surface area contributed by atoms with Crippen LogP contribution in [0, 0.1) is 0 Å². The fourth-order valence-corrected chi connectivity index (χ4v) is 2.22. The van der Waals surface area contributed by atoms with Gasteiger partial charge in [0, 0.05) is 31.2 Å². The highest BCUT2D eigenvalue weighted by Gasteiger charge is 2.15. The van der Waals surface area contributed by atoms with Crippen LogP contribution in [0.4, 0.5) is 0 Å². The van der Waals surface area contributed by atoms with Crippen LogP contribution < -0.4 is 5.32 Å². The van der Waals surface area contributed by atoms with Crippen molar-refractivity contribution >= 4 is 17.5 Å². The average molecular weight is 283 g/mol. The van der Waals surface area contributed by atoms with Crippen LogP contribution in [0.5, 0.6) is 0 Å². The summed E-state index contributed by atoms with van der Waals surface area (Å²) in [5.74, 6) is 0.167. The zero-order valence-corrected chi connectivity index (χ0v) is 11.7. The van der Waals surface area contributed by atoms with Gasteiger partial charge in [0.2, 0.25) is 5.91 Å². The Morgan fingerprint density at radius 2 is 2.05 bits per heavy atom. The summed E-state index contributed by atoms with van der Waals surface area (Å²) >= 11 is 6.03. The van der Waals surface area contributed by atoms with Crippen LogP contribution in [-0.2, 0) is 16.1 Å². The molecule has 1 aliphatic heterocycles. The number of amides is 1. The molecule has 1 saturated heterocycles. The van der Waals surface area contributed by atoms with E-state index in [0.717, 1.165) is 31.7 Å². The first kappa shape index (κ1) is 14.3. The Kier molecular flexibility index (Phi) is 5.63. The molecular weight excluding hydrogens is 264 g/mol. The lowest BCUT2D eigenvalue weighted by Gasteiger charge is -2.27. The maximum absolute atomic E-state index is 11.9. The molecule has 2 rings (SSSR count). The number of hydrogen-bond acceptors (Lipinski definition) is 3. The molecule has 0 saturated carbocycles. The molecule has 0 aliphatic carbocycles. The molecule has 1 N–H and O–H groups in total. The zero-order chi connectivity index (χ0) is 13.5. The first-order chi connectivity index (χ1) is 9.27. The van der Waals surface area contributed by atoms with Gasteiger partial charge in [-0.25, -0.2) is 0 Å². The highest BCUT2D eigenvalue weighted by molar-refractivity contribution is 6.31. The van der Waals surface area contributed by atoms with Gasteiger partial charge in [0.1, 0.15) is 0 Å². The van der Waals surface area contributed by atoms with E-state index >= 15 is 0 Å². The molecule has 1 aromatic carbocycles. The van der Waals surface area contributed by atoms with Crippen LogP contribution in [0.2, 0.25) is 5.02 Å². The third-order valence-electron chi connectivity index (χ3n) is 3.15. The summed E-state index contributed by atoms with van der Waals surface area (Å²) in [7, 11) is 0. The first-order valence-corrected chi connectivity index (χ1v) is 6.95. The molecule has 104 valence electrons. The number of carbonyl (C=O) groups is 1. The topological polar surface area (TPSA) is 41.6 Å². The summed E-state index contributed by atoms with van der Waals surface area (Å²) in [6, 6.07) is 7.59. The van der Waals surface area contributed by atoms with Crippen LogP contribution in [-0.4, -0.2) is 43.6 Å². The quantitative estimate of drug-likeness (QED) is 0.836. The van der Waals surface area contributed by atoms with E-state index in [-0.39, 0.29) is 5.91 Å². The van der Waals surface area contributed by atoms with Crippen molar-refractivity contribution in [2.75, 3.05) is 32.8 Å². The molecule has 0 unspecified atom stereocenters. The van der Waals surface area contributed by atoms with E-state index < -0.39 is 0 Å². The monoisotopic (exact) mass is 282 g/mol. The molecule has 0 spiro atoms. The lowest BCUT2D eigenvalue weighted by Crippen LogP contribution is -2.46. The Balaban J connectivity index is 1.66. The molecule has 1 aliphatic rings. The molecule has 0 aromatic heterocycles. The van der Waals surface area contributed by atoms with E-state index in [1.165, 1.54) is 0 Å². The summed E-state index contributed by atoms with van der Waals surface area (Å²) < 4.78 is 5.51. The maximum Gasteiger partial charge on any atom is 0.224 e. The number of rotatable bonds is 5. The molecule has 0 bridgehead atoms. The van der Waals surface area contributed by atoms with Crippen LogP contribution in [0.1, 0.15) is 12.0 Å². The van der Waals surface area contributed by atoms with Gasteiger partial charge in [-0.2, -0.15) is 0 Å². The molecule has 4 nitrogen and oxygen atoms in total. The van der Waals surface area contributed by atoms with E-state index in [1.54, 1.807) is 0 Å².